The van der Waals surface area contributed by atoms with Crippen LogP contribution in [0.25, 0.3) is 0 Å². The molecule has 2 rings (SSSR count). The van der Waals surface area contributed by atoms with Gasteiger partial charge in [0.15, 0.2) is 12.4 Å². The Morgan fingerprint density at radius 2 is 1.78 bits per heavy atom. The molecule has 0 aromatic heterocycles. The van der Waals surface area contributed by atoms with Gasteiger partial charge in [0, 0.05) is 4.90 Å². The molecule has 1 unspecified atom stereocenters. The topological polar surface area (TPSA) is 52.6 Å². The lowest BCUT2D eigenvalue weighted by atomic mass is 10.1. The third kappa shape index (κ3) is 4.60. The molecule has 0 fully saturated rings. The molecule has 4 nitrogen and oxygen atoms in total. The molecule has 0 N–H and O–H groups in total. The molecule has 0 aliphatic heterocycles. The Labute approximate surface area is 139 Å². The summed E-state index contributed by atoms with van der Waals surface area (Å²) < 4.78 is 10.3. The van der Waals surface area contributed by atoms with Gasteiger partial charge in [-0.15, -0.1) is 11.8 Å². The first-order chi connectivity index (χ1) is 11.2. The van der Waals surface area contributed by atoms with Gasteiger partial charge in [0.2, 0.25) is 0 Å². The van der Waals surface area contributed by atoms with E-state index in [2.05, 4.69) is 11.7 Å². The minimum Gasteiger partial charge on any atom is -0.478 e. The molecule has 0 saturated carbocycles. The van der Waals surface area contributed by atoms with Gasteiger partial charge in [-0.1, -0.05) is 19.1 Å². The number of methoxy groups -OCH3 is 1. The lowest BCUT2D eigenvalue weighted by Crippen LogP contribution is -2.09. The van der Waals surface area contributed by atoms with E-state index < -0.39 is 12.1 Å². The van der Waals surface area contributed by atoms with Crippen LogP contribution in [0.2, 0.25) is 0 Å². The number of hydrogen-bond acceptors (Lipinski definition) is 5. The van der Waals surface area contributed by atoms with Crippen LogP contribution in [0.15, 0.2) is 53.4 Å². The van der Waals surface area contributed by atoms with E-state index in [0.717, 1.165) is 22.5 Å². The van der Waals surface area contributed by atoms with Crippen molar-refractivity contribution in [1.29, 1.82) is 0 Å². The van der Waals surface area contributed by atoms with Gasteiger partial charge in [0.25, 0.3) is 0 Å². The number of benzene rings is 2. The largest absolute Gasteiger partial charge is 0.478 e. The van der Waals surface area contributed by atoms with Crippen LogP contribution in [0.4, 0.5) is 0 Å². The summed E-state index contributed by atoms with van der Waals surface area (Å²) in [7, 11) is 1.33. The summed E-state index contributed by atoms with van der Waals surface area (Å²) >= 11 is 1.74. The first-order valence-electron chi connectivity index (χ1n) is 7.21. The van der Waals surface area contributed by atoms with Crippen LogP contribution < -0.4 is 4.74 Å². The number of ether oxygens (including phenoxy) is 2. The van der Waals surface area contributed by atoms with Crippen LogP contribution in [-0.2, 0) is 9.53 Å². The summed E-state index contributed by atoms with van der Waals surface area (Å²) in [4.78, 5) is 23.9. The Bertz CT molecular complexity index is 650. The maximum Gasteiger partial charge on any atom is 0.337 e. The molecule has 0 bridgehead atoms. The average Bonchev–Trinajstić information content (AvgIpc) is 2.60. The monoisotopic (exact) mass is 330 g/mol. The Morgan fingerprint density at radius 3 is 2.30 bits per heavy atom. The number of thioether (sulfide) groups is 1. The summed E-state index contributed by atoms with van der Waals surface area (Å²) in [6.07, 6.45) is 0.0792. The highest BCUT2D eigenvalue weighted by atomic mass is 32.2. The van der Waals surface area contributed by atoms with Gasteiger partial charge in [0.05, 0.1) is 12.7 Å². The normalized spacial score (nSPS) is 11.6. The van der Waals surface area contributed by atoms with Gasteiger partial charge < -0.3 is 9.47 Å². The summed E-state index contributed by atoms with van der Waals surface area (Å²) in [5.41, 5.74) is 1.22. The zero-order valence-corrected chi connectivity index (χ0v) is 13.8. The molecule has 2 aromatic rings. The maximum absolute atomic E-state index is 11.4. The number of hydrogen-bond donors (Lipinski definition) is 0. The van der Waals surface area contributed by atoms with Crippen molar-refractivity contribution in [1.82, 2.24) is 0 Å². The maximum atomic E-state index is 11.4. The van der Waals surface area contributed by atoms with Crippen LogP contribution >= 0.6 is 11.8 Å². The van der Waals surface area contributed by atoms with E-state index in [1.165, 1.54) is 7.11 Å². The van der Waals surface area contributed by atoms with Crippen LogP contribution in [0.1, 0.15) is 28.9 Å². The summed E-state index contributed by atoms with van der Waals surface area (Å²) in [6, 6.07) is 14.2. The van der Waals surface area contributed by atoms with Crippen LogP contribution in [0.5, 0.6) is 5.75 Å². The molecule has 5 heteroatoms. The predicted octanol–water partition coefficient (Wildman–Crippen LogP) is 3.90. The standard InChI is InChI=1S/C18H18O4S/c1-3-23-16-10-6-13(7-11-16)17(12-19)22-15-8-4-14(5-9-15)18(20)21-2/h4-12,17H,3H2,1-2H3. The van der Waals surface area contributed by atoms with Gasteiger partial charge in [-0.3, -0.25) is 4.79 Å². The van der Waals surface area contributed by atoms with Crippen molar-refractivity contribution < 1.29 is 19.1 Å². The Kier molecular flexibility index (Phi) is 6.23. The van der Waals surface area contributed by atoms with Gasteiger partial charge in [-0.25, -0.2) is 4.79 Å². The third-order valence-electron chi connectivity index (χ3n) is 3.18. The van der Waals surface area contributed by atoms with Crippen molar-refractivity contribution in [3.8, 4) is 5.75 Å². The molecule has 1 atom stereocenters. The Balaban J connectivity index is 2.09. The molecule has 120 valence electrons. The predicted molar refractivity (Wildman–Crippen MR) is 90.1 cm³/mol. The second kappa shape index (κ2) is 8.39. The van der Waals surface area contributed by atoms with Crippen molar-refractivity contribution >= 4 is 24.0 Å². The molecule has 2 aromatic carbocycles. The highest BCUT2D eigenvalue weighted by molar-refractivity contribution is 7.99. The molecule has 0 amide bonds. The van der Waals surface area contributed by atoms with Gasteiger partial charge in [-0.2, -0.15) is 0 Å². The van der Waals surface area contributed by atoms with Gasteiger partial charge >= 0.3 is 5.97 Å². The van der Waals surface area contributed by atoms with Gasteiger partial charge in [0.1, 0.15) is 5.75 Å². The van der Waals surface area contributed by atoms with Crippen molar-refractivity contribution in [2.45, 2.75) is 17.9 Å². The number of carbonyl (C=O) groups excluding carboxylic acids is 2. The number of aldehydes is 1. The van der Waals surface area contributed by atoms with Crippen molar-refractivity contribution in [2.24, 2.45) is 0 Å². The van der Waals surface area contributed by atoms with Gasteiger partial charge in [-0.05, 0) is 47.7 Å². The molecular weight excluding hydrogens is 312 g/mol. The van der Waals surface area contributed by atoms with E-state index in [-0.39, 0.29) is 0 Å². The van der Waals surface area contributed by atoms with Crippen LogP contribution in [-0.4, -0.2) is 25.1 Å². The van der Waals surface area contributed by atoms with E-state index >= 15 is 0 Å². The van der Waals surface area contributed by atoms with E-state index in [0.29, 0.717) is 11.3 Å². The zero-order chi connectivity index (χ0) is 16.7. The Morgan fingerprint density at radius 1 is 1.13 bits per heavy atom. The summed E-state index contributed by atoms with van der Waals surface area (Å²) in [6.45, 7) is 2.09. The molecular formula is C18H18O4S. The average molecular weight is 330 g/mol. The molecule has 0 heterocycles. The fourth-order valence-corrected chi connectivity index (χ4v) is 2.69. The molecule has 0 radical (unpaired) electrons. The molecule has 0 aliphatic rings. The van der Waals surface area contributed by atoms with E-state index in [9.17, 15) is 9.59 Å². The first-order valence-corrected chi connectivity index (χ1v) is 8.19. The van der Waals surface area contributed by atoms with Crippen molar-refractivity contribution in [3.05, 3.63) is 59.7 Å². The van der Waals surface area contributed by atoms with E-state index in [1.807, 2.05) is 24.3 Å². The highest BCUT2D eigenvalue weighted by Gasteiger charge is 2.13. The molecule has 0 spiro atoms. The first kappa shape index (κ1) is 17.1. The quantitative estimate of drug-likeness (QED) is 0.438. The van der Waals surface area contributed by atoms with Crippen LogP contribution in [0.3, 0.4) is 0 Å². The van der Waals surface area contributed by atoms with Crippen molar-refractivity contribution in [3.63, 3.8) is 0 Å². The molecule has 0 aliphatic carbocycles. The number of carbonyl (C=O) groups is 2. The number of rotatable bonds is 7. The van der Waals surface area contributed by atoms with Crippen LogP contribution in [0, 0.1) is 0 Å². The lowest BCUT2D eigenvalue weighted by molar-refractivity contribution is -0.113. The SMILES string of the molecule is CCSc1ccc(C(C=O)Oc2ccc(C(=O)OC)cc2)cc1. The minimum absolute atomic E-state index is 0.410. The third-order valence-corrected chi connectivity index (χ3v) is 4.08. The lowest BCUT2D eigenvalue weighted by Gasteiger charge is -2.14. The fourth-order valence-electron chi connectivity index (χ4n) is 2.03. The second-order valence-corrected chi connectivity index (χ2v) is 6.03. The second-order valence-electron chi connectivity index (χ2n) is 4.69. The minimum atomic E-state index is -0.681. The van der Waals surface area contributed by atoms with E-state index in [4.69, 9.17) is 4.74 Å². The van der Waals surface area contributed by atoms with E-state index in [1.54, 1.807) is 36.0 Å². The molecule has 23 heavy (non-hydrogen) atoms. The highest BCUT2D eigenvalue weighted by Crippen LogP contribution is 2.24. The van der Waals surface area contributed by atoms with Crippen molar-refractivity contribution in [2.75, 3.05) is 12.9 Å². The smallest absolute Gasteiger partial charge is 0.337 e. The fraction of sp³-hybridized carbons (Fsp3) is 0.222. The summed E-state index contributed by atoms with van der Waals surface area (Å²) in [5, 5.41) is 0. The Hall–Kier alpha value is -2.27. The molecule has 0 saturated heterocycles. The summed E-state index contributed by atoms with van der Waals surface area (Å²) in [5.74, 6) is 1.11. The zero-order valence-electron chi connectivity index (χ0n) is 13.0. The number of esters is 1.